The highest BCUT2D eigenvalue weighted by molar-refractivity contribution is 5.59. The van der Waals surface area contributed by atoms with Gasteiger partial charge in [0, 0.05) is 37.2 Å². The number of nitrogens with two attached hydrogens (primary N) is 1. The fourth-order valence-corrected chi connectivity index (χ4v) is 3.10. The first kappa shape index (κ1) is 13.9. The third kappa shape index (κ3) is 2.72. The quantitative estimate of drug-likeness (QED) is 0.937. The monoisotopic (exact) mass is 283 g/mol. The fourth-order valence-electron chi connectivity index (χ4n) is 3.10. The van der Waals surface area contributed by atoms with Crippen LogP contribution in [0.25, 0.3) is 0 Å². The second-order valence-corrected chi connectivity index (χ2v) is 5.33. The van der Waals surface area contributed by atoms with Crippen molar-refractivity contribution in [1.82, 2.24) is 4.98 Å². The molecule has 2 aromatic rings. The van der Waals surface area contributed by atoms with Crippen molar-refractivity contribution in [2.45, 2.75) is 25.4 Å². The van der Waals surface area contributed by atoms with Crippen LogP contribution in [0.2, 0.25) is 0 Å². The summed E-state index contributed by atoms with van der Waals surface area (Å²) in [4.78, 5) is 6.56. The van der Waals surface area contributed by atoms with Crippen LogP contribution >= 0.6 is 0 Å². The Labute approximate surface area is 125 Å². The molecule has 3 rings (SSSR count). The molecule has 1 atom stereocenters. The van der Waals surface area contributed by atoms with Crippen molar-refractivity contribution in [3.8, 4) is 5.75 Å². The van der Waals surface area contributed by atoms with Crippen molar-refractivity contribution in [1.29, 1.82) is 0 Å². The van der Waals surface area contributed by atoms with E-state index in [1.54, 1.807) is 7.11 Å². The van der Waals surface area contributed by atoms with Gasteiger partial charge in [0.25, 0.3) is 0 Å². The number of hydrogen-bond donors (Lipinski definition) is 1. The van der Waals surface area contributed by atoms with Gasteiger partial charge in [0.15, 0.2) is 0 Å². The van der Waals surface area contributed by atoms with Crippen LogP contribution in [0.15, 0.2) is 42.7 Å². The predicted molar refractivity (Wildman–Crippen MR) is 84.4 cm³/mol. The van der Waals surface area contributed by atoms with Crippen LogP contribution in [0.5, 0.6) is 5.75 Å². The minimum Gasteiger partial charge on any atom is -0.497 e. The molecule has 4 heteroatoms. The Morgan fingerprint density at radius 1 is 1.29 bits per heavy atom. The maximum absolute atomic E-state index is 5.92. The summed E-state index contributed by atoms with van der Waals surface area (Å²) in [7, 11) is 1.70. The Kier molecular flexibility index (Phi) is 4.06. The van der Waals surface area contributed by atoms with Gasteiger partial charge < -0.3 is 15.4 Å². The molecule has 2 heterocycles. The lowest BCUT2D eigenvalue weighted by Crippen LogP contribution is -2.24. The standard InChI is InChI=1S/C17H21N3O/c1-21-15-5-4-14(12-18)17(11-15)20-10-2-3-16(20)13-6-8-19-9-7-13/h4-9,11,16H,2-3,10,12,18H2,1H3. The number of nitrogens with zero attached hydrogens (tertiary/aromatic N) is 2. The maximum atomic E-state index is 5.92. The van der Waals surface area contributed by atoms with Crippen LogP contribution in [-0.4, -0.2) is 18.6 Å². The number of ether oxygens (including phenoxy) is 1. The third-order valence-electron chi connectivity index (χ3n) is 4.17. The van der Waals surface area contributed by atoms with Gasteiger partial charge in [-0.1, -0.05) is 6.07 Å². The van der Waals surface area contributed by atoms with E-state index in [2.05, 4.69) is 34.1 Å². The summed E-state index contributed by atoms with van der Waals surface area (Å²) in [5.41, 5.74) is 9.58. The van der Waals surface area contributed by atoms with E-state index in [-0.39, 0.29) is 0 Å². The van der Waals surface area contributed by atoms with E-state index in [1.165, 1.54) is 17.7 Å². The summed E-state index contributed by atoms with van der Waals surface area (Å²) in [5.74, 6) is 0.877. The number of benzene rings is 1. The Balaban J connectivity index is 1.98. The first-order chi connectivity index (χ1) is 10.3. The van der Waals surface area contributed by atoms with Crippen molar-refractivity contribution in [3.63, 3.8) is 0 Å². The molecule has 1 aromatic carbocycles. The number of anilines is 1. The summed E-state index contributed by atoms with van der Waals surface area (Å²) in [6, 6.07) is 10.7. The lowest BCUT2D eigenvalue weighted by Gasteiger charge is -2.29. The molecule has 1 fully saturated rings. The minimum absolute atomic E-state index is 0.394. The van der Waals surface area contributed by atoms with Gasteiger partial charge in [-0.05, 0) is 42.2 Å². The zero-order valence-electron chi connectivity index (χ0n) is 12.3. The highest BCUT2D eigenvalue weighted by atomic mass is 16.5. The molecule has 1 aromatic heterocycles. The molecule has 0 radical (unpaired) electrons. The molecule has 2 N–H and O–H groups in total. The highest BCUT2D eigenvalue weighted by Crippen LogP contribution is 2.38. The number of pyridine rings is 1. The van der Waals surface area contributed by atoms with Crippen molar-refractivity contribution in [2.75, 3.05) is 18.6 Å². The molecular weight excluding hydrogens is 262 g/mol. The molecule has 0 bridgehead atoms. The van der Waals surface area contributed by atoms with Crippen molar-refractivity contribution in [3.05, 3.63) is 53.9 Å². The predicted octanol–water partition coefficient (Wildman–Crippen LogP) is 2.89. The molecule has 0 amide bonds. The summed E-state index contributed by atoms with van der Waals surface area (Å²) in [6.07, 6.45) is 6.07. The molecular formula is C17H21N3O. The molecule has 4 nitrogen and oxygen atoms in total. The average molecular weight is 283 g/mol. The average Bonchev–Trinajstić information content (AvgIpc) is 3.04. The molecule has 0 saturated carbocycles. The van der Waals surface area contributed by atoms with Gasteiger partial charge in [-0.25, -0.2) is 0 Å². The Morgan fingerprint density at radius 2 is 2.10 bits per heavy atom. The van der Waals surface area contributed by atoms with Gasteiger partial charge in [-0.3, -0.25) is 4.98 Å². The van der Waals surface area contributed by atoms with Crippen LogP contribution in [-0.2, 0) is 6.54 Å². The summed E-state index contributed by atoms with van der Waals surface area (Å²) >= 11 is 0. The Hall–Kier alpha value is -2.07. The Morgan fingerprint density at radius 3 is 2.81 bits per heavy atom. The third-order valence-corrected chi connectivity index (χ3v) is 4.17. The van der Waals surface area contributed by atoms with E-state index in [0.29, 0.717) is 12.6 Å². The van der Waals surface area contributed by atoms with Crippen molar-refractivity contribution >= 4 is 5.69 Å². The SMILES string of the molecule is COc1ccc(CN)c(N2CCCC2c2ccncc2)c1. The fraction of sp³-hybridized carbons (Fsp3) is 0.353. The van der Waals surface area contributed by atoms with E-state index in [4.69, 9.17) is 10.5 Å². The van der Waals surface area contributed by atoms with Gasteiger partial charge >= 0.3 is 0 Å². The molecule has 1 saturated heterocycles. The first-order valence-corrected chi connectivity index (χ1v) is 7.37. The minimum atomic E-state index is 0.394. The van der Waals surface area contributed by atoms with Gasteiger partial charge in [0.05, 0.1) is 13.2 Å². The van der Waals surface area contributed by atoms with Crippen LogP contribution in [0.4, 0.5) is 5.69 Å². The number of methoxy groups -OCH3 is 1. The van der Waals surface area contributed by atoms with E-state index in [0.717, 1.165) is 24.3 Å². The summed E-state index contributed by atoms with van der Waals surface area (Å²) < 4.78 is 5.38. The lowest BCUT2D eigenvalue weighted by atomic mass is 10.0. The molecule has 1 unspecified atom stereocenters. The number of rotatable bonds is 4. The highest BCUT2D eigenvalue weighted by Gasteiger charge is 2.27. The zero-order valence-corrected chi connectivity index (χ0v) is 12.3. The first-order valence-electron chi connectivity index (χ1n) is 7.37. The van der Waals surface area contributed by atoms with Crippen LogP contribution in [0.1, 0.15) is 30.0 Å². The molecule has 1 aliphatic rings. The molecule has 0 aliphatic carbocycles. The Bertz CT molecular complexity index is 600. The normalized spacial score (nSPS) is 18.0. The molecule has 21 heavy (non-hydrogen) atoms. The topological polar surface area (TPSA) is 51.4 Å². The van der Waals surface area contributed by atoms with Crippen molar-refractivity contribution in [2.24, 2.45) is 5.73 Å². The largest absolute Gasteiger partial charge is 0.497 e. The molecule has 110 valence electrons. The van der Waals surface area contributed by atoms with E-state index >= 15 is 0 Å². The van der Waals surface area contributed by atoms with Gasteiger partial charge in [-0.15, -0.1) is 0 Å². The van der Waals surface area contributed by atoms with E-state index < -0.39 is 0 Å². The zero-order chi connectivity index (χ0) is 14.7. The lowest BCUT2D eigenvalue weighted by molar-refractivity contribution is 0.414. The molecule has 1 aliphatic heterocycles. The summed E-state index contributed by atoms with van der Waals surface area (Å²) in [6.45, 7) is 1.59. The number of aromatic nitrogens is 1. The van der Waals surface area contributed by atoms with Crippen LogP contribution in [0, 0.1) is 0 Å². The maximum Gasteiger partial charge on any atom is 0.120 e. The molecule has 0 spiro atoms. The summed E-state index contributed by atoms with van der Waals surface area (Å²) in [5, 5.41) is 0. The van der Waals surface area contributed by atoms with Gasteiger partial charge in [0.1, 0.15) is 5.75 Å². The van der Waals surface area contributed by atoms with Crippen LogP contribution in [0.3, 0.4) is 0 Å². The van der Waals surface area contributed by atoms with Gasteiger partial charge in [0.2, 0.25) is 0 Å². The van der Waals surface area contributed by atoms with Crippen LogP contribution < -0.4 is 15.4 Å². The van der Waals surface area contributed by atoms with E-state index in [1.807, 2.05) is 18.5 Å². The number of hydrogen-bond acceptors (Lipinski definition) is 4. The van der Waals surface area contributed by atoms with Gasteiger partial charge in [-0.2, -0.15) is 0 Å². The second kappa shape index (κ2) is 6.14. The smallest absolute Gasteiger partial charge is 0.120 e. The second-order valence-electron chi connectivity index (χ2n) is 5.33. The van der Waals surface area contributed by atoms with Crippen molar-refractivity contribution < 1.29 is 4.74 Å². The van der Waals surface area contributed by atoms with E-state index in [9.17, 15) is 0 Å².